The predicted molar refractivity (Wildman–Crippen MR) is 131 cm³/mol. The molecule has 0 radical (unpaired) electrons. The average molecular weight is 541 g/mol. The molecule has 3 rings (SSSR count). The van der Waals surface area contributed by atoms with Gasteiger partial charge in [-0.1, -0.05) is 37.3 Å². The minimum Gasteiger partial charge on any atom is -0.482 e. The normalized spacial score (nSPS) is 11.3. The molecule has 0 saturated carbocycles. The Balaban J connectivity index is 1.69. The zero-order valence-corrected chi connectivity index (χ0v) is 20.2. The van der Waals surface area contributed by atoms with Gasteiger partial charge in [-0.15, -0.1) is 0 Å². The van der Waals surface area contributed by atoms with Gasteiger partial charge in [0.25, 0.3) is 11.6 Å². The second kappa shape index (κ2) is 11.9. The number of amides is 1. The molecule has 0 aliphatic rings. The summed E-state index contributed by atoms with van der Waals surface area (Å²) in [6, 6.07) is 18.6. The number of esters is 1. The molecule has 10 heteroatoms. The van der Waals surface area contributed by atoms with Crippen molar-refractivity contribution in [3.63, 3.8) is 0 Å². The molecule has 0 spiro atoms. The van der Waals surface area contributed by atoms with Gasteiger partial charge in [0.2, 0.25) is 6.10 Å². The molecule has 3 aromatic carbocycles. The van der Waals surface area contributed by atoms with Crippen LogP contribution in [-0.4, -0.2) is 29.2 Å². The third-order valence-electron chi connectivity index (χ3n) is 4.87. The molecule has 0 bridgehead atoms. The van der Waals surface area contributed by atoms with E-state index in [0.717, 1.165) is 0 Å². The van der Waals surface area contributed by atoms with Gasteiger partial charge in [0.15, 0.2) is 12.4 Å². The number of ketones is 1. The summed E-state index contributed by atoms with van der Waals surface area (Å²) in [7, 11) is 0. The zero-order valence-electron chi connectivity index (χ0n) is 18.6. The molecule has 1 unspecified atom stereocenters. The topological polar surface area (TPSA) is 125 Å². The number of benzene rings is 3. The molecule has 0 fully saturated rings. The minimum absolute atomic E-state index is 0.00710. The summed E-state index contributed by atoms with van der Waals surface area (Å²) >= 11 is 3.20. The first-order valence-electron chi connectivity index (χ1n) is 10.5. The van der Waals surface area contributed by atoms with E-state index in [1.165, 1.54) is 18.2 Å². The van der Waals surface area contributed by atoms with Crippen molar-refractivity contribution in [1.29, 1.82) is 0 Å². The van der Waals surface area contributed by atoms with Crippen molar-refractivity contribution in [3.05, 3.63) is 98.5 Å². The van der Waals surface area contributed by atoms with Crippen LogP contribution in [0, 0.1) is 10.1 Å². The van der Waals surface area contributed by atoms with E-state index in [-0.39, 0.29) is 17.2 Å². The van der Waals surface area contributed by atoms with E-state index in [1.807, 2.05) is 0 Å². The summed E-state index contributed by atoms with van der Waals surface area (Å²) < 4.78 is 11.2. The number of hydrogen-bond acceptors (Lipinski definition) is 7. The summed E-state index contributed by atoms with van der Waals surface area (Å²) in [5, 5.41) is 13.6. The van der Waals surface area contributed by atoms with Crippen LogP contribution in [0.5, 0.6) is 5.75 Å². The van der Waals surface area contributed by atoms with Crippen LogP contribution in [-0.2, 0) is 14.3 Å². The number of non-ortho nitro benzene ring substituents is 1. The average Bonchev–Trinajstić information content (AvgIpc) is 2.87. The van der Waals surface area contributed by atoms with Crippen molar-refractivity contribution in [2.24, 2.45) is 0 Å². The minimum atomic E-state index is -1.29. The van der Waals surface area contributed by atoms with Crippen LogP contribution in [0.2, 0.25) is 0 Å². The van der Waals surface area contributed by atoms with Crippen molar-refractivity contribution in [3.8, 4) is 5.75 Å². The molecule has 1 N–H and O–H groups in total. The molecule has 9 nitrogen and oxygen atoms in total. The number of carbonyl (C=O) groups is 3. The van der Waals surface area contributed by atoms with Crippen molar-refractivity contribution >= 4 is 45.0 Å². The molecule has 3 aromatic rings. The molecule has 0 saturated heterocycles. The lowest BCUT2D eigenvalue weighted by Gasteiger charge is -2.19. The summed E-state index contributed by atoms with van der Waals surface area (Å²) in [5.41, 5.74) is 1.10. The molecule has 0 aliphatic heterocycles. The van der Waals surface area contributed by atoms with Crippen molar-refractivity contribution in [2.75, 3.05) is 11.9 Å². The Labute approximate surface area is 209 Å². The van der Waals surface area contributed by atoms with Crippen molar-refractivity contribution in [2.45, 2.75) is 19.4 Å². The number of anilines is 1. The summed E-state index contributed by atoms with van der Waals surface area (Å²) in [4.78, 5) is 47.6. The van der Waals surface area contributed by atoms with E-state index < -0.39 is 29.5 Å². The first-order valence-corrected chi connectivity index (χ1v) is 11.3. The number of rotatable bonds is 10. The second-order valence-corrected chi connectivity index (χ2v) is 8.14. The van der Waals surface area contributed by atoms with E-state index in [0.29, 0.717) is 27.8 Å². The predicted octanol–water partition coefficient (Wildman–Crippen LogP) is 5.25. The fourth-order valence-electron chi connectivity index (χ4n) is 3.07. The van der Waals surface area contributed by atoms with Gasteiger partial charge in [-0.2, -0.15) is 0 Å². The third-order valence-corrected chi connectivity index (χ3v) is 5.52. The lowest BCUT2D eigenvalue weighted by atomic mass is 10.1. The van der Waals surface area contributed by atoms with Crippen LogP contribution in [0.3, 0.4) is 0 Å². The van der Waals surface area contributed by atoms with E-state index in [9.17, 15) is 24.5 Å². The monoisotopic (exact) mass is 540 g/mol. The molecule has 35 heavy (non-hydrogen) atoms. The molecule has 1 atom stereocenters. The van der Waals surface area contributed by atoms with Gasteiger partial charge in [-0.3, -0.25) is 19.7 Å². The molecule has 180 valence electrons. The van der Waals surface area contributed by atoms with Crippen LogP contribution >= 0.6 is 15.9 Å². The van der Waals surface area contributed by atoms with E-state index in [4.69, 9.17) is 9.47 Å². The standard InChI is InChI=1S/C25H21BrN2O7/c1-2-22(29)16-8-11-19(12-9-16)34-15-23(30)35-24(17-6-4-3-5-7-17)25(31)27-21-13-10-18(28(32)33)14-20(21)26/h3-14,24H,2,15H2,1H3,(H,27,31). The Hall–Kier alpha value is -4.05. The van der Waals surface area contributed by atoms with Gasteiger partial charge < -0.3 is 14.8 Å². The molecular formula is C25H21BrN2O7. The van der Waals surface area contributed by atoms with Crippen LogP contribution in [0.15, 0.2) is 77.3 Å². The number of nitrogens with zero attached hydrogens (tertiary/aromatic N) is 1. The van der Waals surface area contributed by atoms with Crippen LogP contribution in [0.25, 0.3) is 0 Å². The van der Waals surface area contributed by atoms with Gasteiger partial charge in [-0.05, 0) is 46.3 Å². The largest absolute Gasteiger partial charge is 0.482 e. The second-order valence-electron chi connectivity index (χ2n) is 7.28. The highest BCUT2D eigenvalue weighted by molar-refractivity contribution is 9.10. The van der Waals surface area contributed by atoms with Crippen LogP contribution < -0.4 is 10.1 Å². The first kappa shape index (κ1) is 25.6. The zero-order chi connectivity index (χ0) is 25.4. The first-order chi connectivity index (χ1) is 16.8. The van der Waals surface area contributed by atoms with Gasteiger partial charge in [0.05, 0.1) is 10.6 Å². The molecular weight excluding hydrogens is 520 g/mol. The third kappa shape index (κ3) is 6.97. The van der Waals surface area contributed by atoms with Crippen molar-refractivity contribution in [1.82, 2.24) is 0 Å². The molecule has 0 aromatic heterocycles. The number of Topliss-reactive ketones (excluding diaryl/α,β-unsaturated/α-hetero) is 1. The number of carbonyl (C=O) groups excluding carboxylic acids is 3. The van der Waals surface area contributed by atoms with Gasteiger partial charge in [-0.25, -0.2) is 4.79 Å². The number of nitro groups is 1. The maximum atomic E-state index is 13.0. The SMILES string of the molecule is CCC(=O)c1ccc(OCC(=O)OC(C(=O)Nc2ccc([N+](=O)[O-])cc2Br)c2ccccc2)cc1. The maximum Gasteiger partial charge on any atom is 0.345 e. The van der Waals surface area contributed by atoms with Gasteiger partial charge in [0, 0.05) is 34.2 Å². The quantitative estimate of drug-likeness (QED) is 0.161. The summed E-state index contributed by atoms with van der Waals surface area (Å²) in [5.74, 6) is -1.08. The van der Waals surface area contributed by atoms with Crippen molar-refractivity contribution < 1.29 is 28.8 Å². The van der Waals surface area contributed by atoms with E-state index in [2.05, 4.69) is 21.2 Å². The Morgan fingerprint density at radius 1 is 1.03 bits per heavy atom. The molecule has 0 aliphatic carbocycles. The van der Waals surface area contributed by atoms with Crippen LogP contribution in [0.4, 0.5) is 11.4 Å². The number of halogens is 1. The Morgan fingerprint density at radius 2 is 1.71 bits per heavy atom. The van der Waals surface area contributed by atoms with Crippen LogP contribution in [0.1, 0.15) is 35.4 Å². The number of ether oxygens (including phenoxy) is 2. The lowest BCUT2D eigenvalue weighted by Crippen LogP contribution is -2.28. The molecule has 0 heterocycles. The fraction of sp³-hybridized carbons (Fsp3) is 0.160. The van der Waals surface area contributed by atoms with E-state index in [1.54, 1.807) is 61.5 Å². The van der Waals surface area contributed by atoms with Gasteiger partial charge in [0.1, 0.15) is 5.75 Å². The summed E-state index contributed by atoms with van der Waals surface area (Å²) in [6.07, 6.45) is -0.912. The number of nitrogens with one attached hydrogen (secondary N) is 1. The Kier molecular flexibility index (Phi) is 8.69. The molecule has 1 amide bonds. The highest BCUT2D eigenvalue weighted by Crippen LogP contribution is 2.29. The summed E-state index contributed by atoms with van der Waals surface area (Å²) in [6.45, 7) is 1.31. The van der Waals surface area contributed by atoms with Gasteiger partial charge >= 0.3 is 5.97 Å². The Bertz CT molecular complexity index is 1230. The lowest BCUT2D eigenvalue weighted by molar-refractivity contribution is -0.384. The van der Waals surface area contributed by atoms with E-state index >= 15 is 0 Å². The maximum absolute atomic E-state index is 13.0. The highest BCUT2D eigenvalue weighted by atomic mass is 79.9. The Morgan fingerprint density at radius 3 is 2.31 bits per heavy atom. The number of hydrogen-bond donors (Lipinski definition) is 1. The smallest absolute Gasteiger partial charge is 0.345 e. The fourth-order valence-corrected chi connectivity index (χ4v) is 3.53. The highest BCUT2D eigenvalue weighted by Gasteiger charge is 2.26. The number of nitro benzene ring substituents is 1.